The maximum atomic E-state index is 12.2. The standard InChI is InChI=1S/C11H17N5O3S/c1-3-16-7-10(4-9(16)5-12)20(17,18)13-6-11-14-8(2)15-19-11/h4,7,13H,3,5-6,12H2,1-2H3. The molecule has 0 unspecified atom stereocenters. The SMILES string of the molecule is CCn1cc(S(=O)(=O)NCc2nc(C)no2)cc1CN. The predicted molar refractivity (Wildman–Crippen MR) is 71.1 cm³/mol. The average Bonchev–Trinajstić information content (AvgIpc) is 3.02. The highest BCUT2D eigenvalue weighted by molar-refractivity contribution is 7.89. The lowest BCUT2D eigenvalue weighted by atomic mass is 10.4. The highest BCUT2D eigenvalue weighted by Crippen LogP contribution is 2.14. The van der Waals surface area contributed by atoms with E-state index in [4.69, 9.17) is 10.3 Å². The number of hydrogen-bond donors (Lipinski definition) is 2. The van der Waals surface area contributed by atoms with E-state index < -0.39 is 10.0 Å². The number of aryl methyl sites for hydroxylation is 2. The first-order chi connectivity index (χ1) is 9.46. The molecule has 2 aromatic heterocycles. The molecule has 3 N–H and O–H groups in total. The Morgan fingerprint density at radius 3 is 2.75 bits per heavy atom. The third-order valence-corrected chi connectivity index (χ3v) is 4.17. The van der Waals surface area contributed by atoms with Gasteiger partial charge in [0.2, 0.25) is 15.9 Å². The van der Waals surface area contributed by atoms with Crippen LogP contribution in [0.15, 0.2) is 21.7 Å². The Bertz CT molecular complexity index is 667. The molecule has 9 heteroatoms. The first-order valence-electron chi connectivity index (χ1n) is 6.14. The Labute approximate surface area is 117 Å². The molecular weight excluding hydrogens is 282 g/mol. The zero-order chi connectivity index (χ0) is 14.8. The highest BCUT2D eigenvalue weighted by atomic mass is 32.2. The van der Waals surface area contributed by atoms with E-state index >= 15 is 0 Å². The van der Waals surface area contributed by atoms with Gasteiger partial charge >= 0.3 is 0 Å². The molecular formula is C11H17N5O3S. The summed E-state index contributed by atoms with van der Waals surface area (Å²) in [5, 5.41) is 3.59. The van der Waals surface area contributed by atoms with Crippen molar-refractivity contribution in [1.29, 1.82) is 0 Å². The van der Waals surface area contributed by atoms with Gasteiger partial charge in [0.15, 0.2) is 5.82 Å². The van der Waals surface area contributed by atoms with Gasteiger partial charge in [-0.3, -0.25) is 0 Å². The number of nitrogens with one attached hydrogen (secondary N) is 1. The number of aromatic nitrogens is 3. The Morgan fingerprint density at radius 2 is 2.25 bits per heavy atom. The van der Waals surface area contributed by atoms with Crippen molar-refractivity contribution >= 4 is 10.0 Å². The van der Waals surface area contributed by atoms with Crippen LogP contribution in [-0.2, 0) is 29.7 Å². The van der Waals surface area contributed by atoms with E-state index in [-0.39, 0.29) is 23.9 Å². The van der Waals surface area contributed by atoms with Crippen LogP contribution < -0.4 is 10.5 Å². The molecule has 0 amide bonds. The van der Waals surface area contributed by atoms with Gasteiger partial charge in [0.1, 0.15) is 0 Å². The maximum Gasteiger partial charge on any atom is 0.242 e. The van der Waals surface area contributed by atoms with Crippen LogP contribution in [0.5, 0.6) is 0 Å². The Morgan fingerprint density at radius 1 is 1.50 bits per heavy atom. The smallest absolute Gasteiger partial charge is 0.242 e. The summed E-state index contributed by atoms with van der Waals surface area (Å²) in [7, 11) is -3.63. The fourth-order valence-electron chi connectivity index (χ4n) is 1.79. The van der Waals surface area contributed by atoms with Gasteiger partial charge in [0.25, 0.3) is 0 Å². The summed E-state index contributed by atoms with van der Waals surface area (Å²) in [6.07, 6.45) is 1.56. The van der Waals surface area contributed by atoms with Crippen molar-refractivity contribution in [3.05, 3.63) is 29.7 Å². The fraction of sp³-hybridized carbons (Fsp3) is 0.455. The van der Waals surface area contributed by atoms with E-state index in [9.17, 15) is 8.42 Å². The molecule has 0 aliphatic heterocycles. The lowest BCUT2D eigenvalue weighted by Crippen LogP contribution is -2.23. The molecule has 0 saturated carbocycles. The van der Waals surface area contributed by atoms with Crippen LogP contribution in [0, 0.1) is 6.92 Å². The van der Waals surface area contributed by atoms with Crippen LogP contribution in [-0.4, -0.2) is 23.1 Å². The van der Waals surface area contributed by atoms with Crippen molar-refractivity contribution in [2.45, 2.75) is 38.4 Å². The third-order valence-electron chi connectivity index (χ3n) is 2.80. The van der Waals surface area contributed by atoms with Crippen LogP contribution >= 0.6 is 0 Å². The van der Waals surface area contributed by atoms with Crippen molar-refractivity contribution in [3.63, 3.8) is 0 Å². The predicted octanol–water partition coefficient (Wildman–Crippen LogP) is 0.137. The van der Waals surface area contributed by atoms with Crippen LogP contribution in [0.25, 0.3) is 0 Å². The monoisotopic (exact) mass is 299 g/mol. The first kappa shape index (κ1) is 14.7. The summed E-state index contributed by atoms with van der Waals surface area (Å²) in [6.45, 7) is 4.48. The molecule has 20 heavy (non-hydrogen) atoms. The second-order valence-corrected chi connectivity index (χ2v) is 5.98. The van der Waals surface area contributed by atoms with E-state index in [1.165, 1.54) is 0 Å². The first-order valence-corrected chi connectivity index (χ1v) is 7.62. The van der Waals surface area contributed by atoms with Crippen molar-refractivity contribution < 1.29 is 12.9 Å². The van der Waals surface area contributed by atoms with Crippen molar-refractivity contribution in [3.8, 4) is 0 Å². The van der Waals surface area contributed by atoms with Crippen LogP contribution in [0.1, 0.15) is 24.3 Å². The van der Waals surface area contributed by atoms with E-state index in [0.29, 0.717) is 12.4 Å². The lowest BCUT2D eigenvalue weighted by Gasteiger charge is -2.02. The lowest BCUT2D eigenvalue weighted by molar-refractivity contribution is 0.372. The summed E-state index contributed by atoms with van der Waals surface area (Å²) in [5.41, 5.74) is 6.35. The number of hydrogen-bond acceptors (Lipinski definition) is 6. The summed E-state index contributed by atoms with van der Waals surface area (Å²) < 4.78 is 33.4. The summed E-state index contributed by atoms with van der Waals surface area (Å²) in [5.74, 6) is 0.682. The van der Waals surface area contributed by atoms with Crippen LogP contribution in [0.2, 0.25) is 0 Å². The number of nitrogens with two attached hydrogens (primary N) is 1. The van der Waals surface area contributed by atoms with Crippen molar-refractivity contribution in [1.82, 2.24) is 19.4 Å². The van der Waals surface area contributed by atoms with E-state index in [0.717, 1.165) is 5.69 Å². The minimum Gasteiger partial charge on any atom is -0.349 e. The van der Waals surface area contributed by atoms with Gasteiger partial charge in [-0.05, 0) is 19.9 Å². The zero-order valence-electron chi connectivity index (χ0n) is 11.3. The maximum absolute atomic E-state index is 12.2. The second kappa shape index (κ2) is 5.73. The number of nitrogens with zero attached hydrogens (tertiary/aromatic N) is 3. The molecule has 110 valence electrons. The van der Waals surface area contributed by atoms with E-state index in [2.05, 4.69) is 14.9 Å². The van der Waals surface area contributed by atoms with E-state index in [1.54, 1.807) is 23.8 Å². The number of sulfonamides is 1. The minimum absolute atomic E-state index is 0.0432. The Kier molecular flexibility index (Phi) is 4.21. The third kappa shape index (κ3) is 3.06. The Hall–Kier alpha value is -1.71. The van der Waals surface area contributed by atoms with Gasteiger partial charge in [0.05, 0.1) is 11.4 Å². The molecule has 0 atom stereocenters. The molecule has 8 nitrogen and oxygen atoms in total. The number of rotatable bonds is 6. The molecule has 0 aliphatic rings. The minimum atomic E-state index is -3.63. The van der Waals surface area contributed by atoms with Gasteiger partial charge in [-0.1, -0.05) is 5.16 Å². The van der Waals surface area contributed by atoms with Gasteiger partial charge in [0, 0.05) is 25.0 Å². The topological polar surface area (TPSA) is 116 Å². The van der Waals surface area contributed by atoms with Crippen LogP contribution in [0.3, 0.4) is 0 Å². The van der Waals surface area contributed by atoms with Crippen molar-refractivity contribution in [2.75, 3.05) is 0 Å². The molecule has 0 spiro atoms. The molecule has 2 aromatic rings. The molecule has 0 radical (unpaired) electrons. The largest absolute Gasteiger partial charge is 0.349 e. The normalized spacial score (nSPS) is 11.9. The molecule has 2 rings (SSSR count). The highest BCUT2D eigenvalue weighted by Gasteiger charge is 2.18. The Balaban J connectivity index is 2.15. The van der Waals surface area contributed by atoms with Gasteiger partial charge in [-0.25, -0.2) is 13.1 Å². The van der Waals surface area contributed by atoms with Gasteiger partial charge in [-0.2, -0.15) is 4.98 Å². The molecule has 0 fully saturated rings. The second-order valence-electron chi connectivity index (χ2n) is 4.22. The van der Waals surface area contributed by atoms with Gasteiger partial charge in [-0.15, -0.1) is 0 Å². The molecule has 0 saturated heterocycles. The van der Waals surface area contributed by atoms with Crippen molar-refractivity contribution in [2.24, 2.45) is 5.73 Å². The summed E-state index contributed by atoms with van der Waals surface area (Å²) >= 11 is 0. The molecule has 0 aromatic carbocycles. The summed E-state index contributed by atoms with van der Waals surface area (Å²) in [4.78, 5) is 4.11. The molecule has 2 heterocycles. The fourth-order valence-corrected chi connectivity index (χ4v) is 2.83. The van der Waals surface area contributed by atoms with Gasteiger partial charge < -0.3 is 14.8 Å². The summed E-state index contributed by atoms with van der Waals surface area (Å²) in [6, 6.07) is 1.56. The zero-order valence-corrected chi connectivity index (χ0v) is 12.1. The molecule has 0 bridgehead atoms. The quantitative estimate of drug-likeness (QED) is 0.783. The van der Waals surface area contributed by atoms with E-state index in [1.807, 2.05) is 6.92 Å². The van der Waals surface area contributed by atoms with Crippen LogP contribution in [0.4, 0.5) is 0 Å². The molecule has 0 aliphatic carbocycles. The average molecular weight is 299 g/mol.